The third kappa shape index (κ3) is 6.00. The molecule has 9 nitrogen and oxygen atoms in total. The molecule has 0 atom stereocenters. The van der Waals surface area contributed by atoms with Crippen molar-refractivity contribution in [2.75, 3.05) is 37.2 Å². The van der Waals surface area contributed by atoms with Gasteiger partial charge in [-0.05, 0) is 54.9 Å². The van der Waals surface area contributed by atoms with E-state index < -0.39 is 10.0 Å². The highest BCUT2D eigenvalue weighted by Gasteiger charge is 2.24. The van der Waals surface area contributed by atoms with Crippen LogP contribution in [0.5, 0.6) is 0 Å². The summed E-state index contributed by atoms with van der Waals surface area (Å²) in [5, 5.41) is 6.90. The molecule has 3 heterocycles. The molecule has 0 unspecified atom stereocenters. The molecule has 12 heteroatoms. The fourth-order valence-corrected chi connectivity index (χ4v) is 6.06. The van der Waals surface area contributed by atoms with Gasteiger partial charge in [0.05, 0.1) is 15.1 Å². The van der Waals surface area contributed by atoms with Crippen LogP contribution in [0.2, 0.25) is 0 Å². The summed E-state index contributed by atoms with van der Waals surface area (Å²) in [7, 11) is -3.50. The highest BCUT2D eigenvalue weighted by Crippen LogP contribution is 2.25. The number of hydrogen-bond acceptors (Lipinski definition) is 9. The Morgan fingerprint density at radius 3 is 2.53 bits per heavy atom. The van der Waals surface area contributed by atoms with Gasteiger partial charge in [0.2, 0.25) is 16.0 Å². The number of nitrogens with two attached hydrogens (primary N) is 1. The van der Waals surface area contributed by atoms with Crippen molar-refractivity contribution in [1.82, 2.24) is 24.6 Å². The van der Waals surface area contributed by atoms with Gasteiger partial charge in [0.15, 0.2) is 5.13 Å². The molecule has 1 saturated heterocycles. The van der Waals surface area contributed by atoms with Gasteiger partial charge >= 0.3 is 0 Å². The van der Waals surface area contributed by atoms with E-state index in [4.69, 9.17) is 5.73 Å². The largest absolute Gasteiger partial charge is 0.375 e. The van der Waals surface area contributed by atoms with Gasteiger partial charge in [-0.15, -0.1) is 12.4 Å². The van der Waals surface area contributed by atoms with Crippen molar-refractivity contribution in [1.29, 1.82) is 0 Å². The fraction of sp³-hybridized carbons (Fsp3) is 0.208. The molecule has 1 aliphatic rings. The second-order valence-electron chi connectivity index (χ2n) is 8.11. The number of halogens is 1. The third-order valence-electron chi connectivity index (χ3n) is 5.62. The number of anilines is 3. The average molecular weight is 544 g/mol. The van der Waals surface area contributed by atoms with E-state index >= 15 is 0 Å². The number of rotatable bonds is 6. The second-order valence-corrected chi connectivity index (χ2v) is 11.1. The molecule has 36 heavy (non-hydrogen) atoms. The monoisotopic (exact) mass is 543 g/mol. The number of fused-ring (bicyclic) bond motifs is 1. The van der Waals surface area contributed by atoms with Gasteiger partial charge in [-0.2, -0.15) is 4.31 Å². The lowest BCUT2D eigenvalue weighted by Crippen LogP contribution is -2.34. The number of thiazole rings is 1. The van der Waals surface area contributed by atoms with Crippen molar-refractivity contribution in [3.8, 4) is 0 Å². The molecule has 1 aliphatic heterocycles. The number of sulfonamides is 1. The molecule has 0 amide bonds. The van der Waals surface area contributed by atoms with E-state index in [1.807, 2.05) is 30.4 Å². The Morgan fingerprint density at radius 2 is 1.75 bits per heavy atom. The predicted molar refractivity (Wildman–Crippen MR) is 148 cm³/mol. The lowest BCUT2D eigenvalue weighted by Gasteiger charge is -2.19. The van der Waals surface area contributed by atoms with E-state index in [-0.39, 0.29) is 17.3 Å². The van der Waals surface area contributed by atoms with E-state index in [0.29, 0.717) is 36.4 Å². The minimum absolute atomic E-state index is 0. The molecule has 0 spiro atoms. The molecule has 4 aromatic rings. The Labute approximate surface area is 219 Å². The molecule has 1 fully saturated rings. The van der Waals surface area contributed by atoms with Crippen molar-refractivity contribution in [3.63, 3.8) is 0 Å². The number of nitrogen functional groups attached to an aromatic ring is 1. The first-order valence-electron chi connectivity index (χ1n) is 11.2. The summed E-state index contributed by atoms with van der Waals surface area (Å²) < 4.78 is 28.4. The first kappa shape index (κ1) is 26.0. The summed E-state index contributed by atoms with van der Waals surface area (Å²) in [6, 6.07) is 12.7. The van der Waals surface area contributed by atoms with Gasteiger partial charge in [-0.1, -0.05) is 29.6 Å². The Kier molecular flexibility index (Phi) is 8.17. The van der Waals surface area contributed by atoms with Crippen LogP contribution in [0.1, 0.15) is 17.5 Å². The Balaban J connectivity index is 0.00000304. The van der Waals surface area contributed by atoms with E-state index in [2.05, 4.69) is 25.6 Å². The first-order chi connectivity index (χ1) is 17.0. The molecular weight excluding hydrogens is 518 g/mol. The zero-order chi connectivity index (χ0) is 24.3. The summed E-state index contributed by atoms with van der Waals surface area (Å²) in [5.74, 6) is 0.429. The normalized spacial score (nSPS) is 15.0. The number of hydrogen-bond donors (Lipinski definition) is 3. The highest BCUT2D eigenvalue weighted by molar-refractivity contribution is 7.89. The molecule has 2 aromatic carbocycles. The van der Waals surface area contributed by atoms with E-state index in [1.54, 1.807) is 36.7 Å². The SMILES string of the molecule is Cl.Nc1nc2ccc(/C=C/c3cnc(Nc4ccc(S(=O)(=O)N5CCCNCC5)cc4)nc3)cc2s1. The lowest BCUT2D eigenvalue weighted by molar-refractivity contribution is 0.432. The zero-order valence-electron chi connectivity index (χ0n) is 19.3. The number of nitrogens with zero attached hydrogens (tertiary/aromatic N) is 4. The van der Waals surface area contributed by atoms with Crippen LogP contribution in [0.15, 0.2) is 59.8 Å². The minimum Gasteiger partial charge on any atom is -0.375 e. The summed E-state index contributed by atoms with van der Waals surface area (Å²) in [4.78, 5) is 13.3. The van der Waals surface area contributed by atoms with Gasteiger partial charge in [0.1, 0.15) is 0 Å². The van der Waals surface area contributed by atoms with Gasteiger partial charge in [0, 0.05) is 43.3 Å². The van der Waals surface area contributed by atoms with Crippen LogP contribution in [0, 0.1) is 0 Å². The van der Waals surface area contributed by atoms with Crippen molar-refractivity contribution in [2.45, 2.75) is 11.3 Å². The van der Waals surface area contributed by atoms with E-state index in [9.17, 15) is 8.42 Å². The summed E-state index contributed by atoms with van der Waals surface area (Å²) in [6.07, 6.45) is 8.17. The van der Waals surface area contributed by atoms with Crippen molar-refractivity contribution in [3.05, 3.63) is 66.0 Å². The average Bonchev–Trinajstić information content (AvgIpc) is 3.04. The quantitative estimate of drug-likeness (QED) is 0.333. The number of benzene rings is 2. The molecule has 0 aliphatic carbocycles. The van der Waals surface area contributed by atoms with Crippen LogP contribution >= 0.6 is 23.7 Å². The van der Waals surface area contributed by atoms with Crippen molar-refractivity contribution < 1.29 is 8.42 Å². The lowest BCUT2D eigenvalue weighted by atomic mass is 10.2. The predicted octanol–water partition coefficient (Wildman–Crippen LogP) is 3.99. The molecule has 2 aromatic heterocycles. The molecular formula is C24H26ClN7O2S2. The van der Waals surface area contributed by atoms with E-state index in [1.165, 1.54) is 15.6 Å². The number of aromatic nitrogens is 3. The fourth-order valence-electron chi connectivity index (χ4n) is 3.79. The maximum atomic E-state index is 12.9. The van der Waals surface area contributed by atoms with Crippen LogP contribution in [0.4, 0.5) is 16.8 Å². The third-order valence-corrected chi connectivity index (χ3v) is 8.38. The second kappa shape index (κ2) is 11.3. The molecule has 0 bridgehead atoms. The van der Waals surface area contributed by atoms with Gasteiger partial charge < -0.3 is 16.4 Å². The van der Waals surface area contributed by atoms with Crippen LogP contribution in [0.25, 0.3) is 22.4 Å². The first-order valence-corrected chi connectivity index (χ1v) is 13.5. The summed E-state index contributed by atoms with van der Waals surface area (Å²) in [5.41, 5.74) is 9.27. The smallest absolute Gasteiger partial charge is 0.243 e. The van der Waals surface area contributed by atoms with Gasteiger partial charge in [0.25, 0.3) is 0 Å². The van der Waals surface area contributed by atoms with Crippen LogP contribution < -0.4 is 16.4 Å². The van der Waals surface area contributed by atoms with Crippen LogP contribution in [0.3, 0.4) is 0 Å². The summed E-state index contributed by atoms with van der Waals surface area (Å²) in [6.45, 7) is 2.50. The van der Waals surface area contributed by atoms with Crippen molar-refractivity contribution >= 4 is 72.9 Å². The van der Waals surface area contributed by atoms with Crippen molar-refractivity contribution in [2.24, 2.45) is 0 Å². The van der Waals surface area contributed by atoms with Gasteiger partial charge in [-0.3, -0.25) is 0 Å². The minimum atomic E-state index is -3.50. The topological polar surface area (TPSA) is 126 Å². The Morgan fingerprint density at radius 1 is 1.00 bits per heavy atom. The van der Waals surface area contributed by atoms with Gasteiger partial charge in [-0.25, -0.2) is 23.4 Å². The molecule has 0 radical (unpaired) electrons. The number of nitrogens with one attached hydrogen (secondary N) is 2. The summed E-state index contributed by atoms with van der Waals surface area (Å²) >= 11 is 1.46. The molecule has 5 rings (SSSR count). The molecule has 4 N–H and O–H groups in total. The molecule has 188 valence electrons. The Bertz CT molecular complexity index is 1450. The Hall–Kier alpha value is -3.09. The van der Waals surface area contributed by atoms with Crippen LogP contribution in [-0.4, -0.2) is 53.9 Å². The standard InChI is InChI=1S/C24H25N7O2S2.ClH/c25-23-30-21-9-4-17(14-22(21)34-23)2-3-18-15-27-24(28-16-18)29-19-5-7-20(8-6-19)35(32,33)31-12-1-10-26-11-13-31;/h2-9,14-16,26H,1,10-13H2,(H2,25,30)(H,27,28,29);1H/b3-2+;. The van der Waals surface area contributed by atoms with E-state index in [0.717, 1.165) is 34.3 Å². The maximum absolute atomic E-state index is 12.9. The highest BCUT2D eigenvalue weighted by atomic mass is 35.5. The van der Waals surface area contributed by atoms with Crippen LogP contribution in [-0.2, 0) is 10.0 Å². The maximum Gasteiger partial charge on any atom is 0.243 e. The zero-order valence-corrected chi connectivity index (χ0v) is 21.7. The molecule has 0 saturated carbocycles.